The Bertz CT molecular complexity index is 702. The monoisotopic (exact) mass is 314 g/mol. The van der Waals surface area contributed by atoms with E-state index in [4.69, 9.17) is 23.2 Å². The lowest BCUT2D eigenvalue weighted by molar-refractivity contribution is 0.223. The number of aliphatic hydroxyl groups excluding tert-OH is 1. The van der Waals surface area contributed by atoms with Crippen LogP contribution in [0, 0.1) is 0 Å². The minimum absolute atomic E-state index is 0.544. The van der Waals surface area contributed by atoms with Crippen LogP contribution in [-0.2, 0) is 0 Å². The van der Waals surface area contributed by atoms with Crippen molar-refractivity contribution in [3.05, 3.63) is 55.5 Å². The van der Waals surface area contributed by atoms with Gasteiger partial charge in [-0.3, -0.25) is 0 Å². The predicted molar refractivity (Wildman–Crippen MR) is 80.2 cm³/mol. The molecule has 92 valence electrons. The third kappa shape index (κ3) is 2.06. The predicted octanol–water partition coefficient (Wildman–Crippen LogP) is 5.35. The second kappa shape index (κ2) is 4.83. The Morgan fingerprint density at radius 2 is 1.89 bits per heavy atom. The van der Waals surface area contributed by atoms with Crippen LogP contribution >= 0.6 is 45.9 Å². The molecule has 1 aromatic carbocycles. The van der Waals surface area contributed by atoms with Crippen LogP contribution in [0.2, 0.25) is 8.67 Å². The normalized spacial score (nSPS) is 13.1. The second-order valence-corrected chi connectivity index (χ2v) is 7.07. The summed E-state index contributed by atoms with van der Waals surface area (Å²) >= 11 is 14.9. The van der Waals surface area contributed by atoms with Gasteiger partial charge in [0.1, 0.15) is 10.4 Å². The zero-order chi connectivity index (χ0) is 12.7. The molecule has 1 N–H and O–H groups in total. The van der Waals surface area contributed by atoms with Crippen molar-refractivity contribution < 1.29 is 5.11 Å². The van der Waals surface area contributed by atoms with E-state index >= 15 is 0 Å². The zero-order valence-electron chi connectivity index (χ0n) is 9.06. The van der Waals surface area contributed by atoms with Gasteiger partial charge in [0.15, 0.2) is 0 Å². The molecule has 0 radical (unpaired) electrons. The van der Waals surface area contributed by atoms with Crippen LogP contribution in [0.3, 0.4) is 0 Å². The summed E-state index contributed by atoms with van der Waals surface area (Å²) in [6.07, 6.45) is -0.725. The molecule has 0 aliphatic rings. The summed E-state index contributed by atoms with van der Waals surface area (Å²) < 4.78 is 2.29. The molecule has 0 saturated carbocycles. The fourth-order valence-electron chi connectivity index (χ4n) is 1.92. The van der Waals surface area contributed by atoms with Crippen molar-refractivity contribution in [1.82, 2.24) is 0 Å². The molecule has 0 spiro atoms. The molecule has 1 nitrogen and oxygen atoms in total. The highest BCUT2D eigenvalue weighted by atomic mass is 35.5. The molecule has 0 saturated heterocycles. The van der Waals surface area contributed by atoms with Crippen LogP contribution in [0.4, 0.5) is 0 Å². The zero-order valence-corrected chi connectivity index (χ0v) is 12.2. The van der Waals surface area contributed by atoms with E-state index in [1.165, 1.54) is 11.3 Å². The smallest absolute Gasteiger partial charge is 0.108 e. The molecule has 1 atom stereocenters. The van der Waals surface area contributed by atoms with Gasteiger partial charge in [-0.25, -0.2) is 0 Å². The van der Waals surface area contributed by atoms with E-state index in [0.29, 0.717) is 14.2 Å². The van der Waals surface area contributed by atoms with E-state index in [0.717, 1.165) is 15.6 Å². The Hall–Kier alpha value is -0.580. The number of benzene rings is 1. The lowest BCUT2D eigenvalue weighted by atomic mass is 10.0. The van der Waals surface area contributed by atoms with Crippen molar-refractivity contribution in [3.8, 4) is 0 Å². The molecule has 0 aliphatic carbocycles. The van der Waals surface area contributed by atoms with E-state index in [9.17, 15) is 5.11 Å². The fraction of sp³-hybridized carbons (Fsp3) is 0.0769. The molecular formula is C13H8Cl2OS2. The minimum atomic E-state index is -0.725. The lowest BCUT2D eigenvalue weighted by Crippen LogP contribution is -1.97. The second-order valence-electron chi connectivity index (χ2n) is 3.87. The van der Waals surface area contributed by atoms with Gasteiger partial charge in [0.2, 0.25) is 0 Å². The van der Waals surface area contributed by atoms with Gasteiger partial charge in [-0.05, 0) is 22.9 Å². The summed E-state index contributed by atoms with van der Waals surface area (Å²) in [6.45, 7) is 0. The maximum absolute atomic E-state index is 10.4. The molecule has 0 bridgehead atoms. The SMILES string of the molecule is OC(c1cc(Cl)sc1Cl)c1csc2ccccc12. The average Bonchev–Trinajstić information content (AvgIpc) is 2.92. The van der Waals surface area contributed by atoms with Crippen molar-refractivity contribution in [2.45, 2.75) is 6.10 Å². The Labute approximate surface area is 122 Å². The van der Waals surface area contributed by atoms with Gasteiger partial charge in [-0.15, -0.1) is 22.7 Å². The molecule has 1 unspecified atom stereocenters. The number of hydrogen-bond acceptors (Lipinski definition) is 3. The summed E-state index contributed by atoms with van der Waals surface area (Å²) in [4.78, 5) is 0. The van der Waals surface area contributed by atoms with Crippen molar-refractivity contribution in [3.63, 3.8) is 0 Å². The van der Waals surface area contributed by atoms with E-state index in [2.05, 4.69) is 0 Å². The van der Waals surface area contributed by atoms with Crippen LogP contribution in [0.25, 0.3) is 10.1 Å². The van der Waals surface area contributed by atoms with Gasteiger partial charge in [0.05, 0.1) is 4.34 Å². The molecule has 0 amide bonds. The van der Waals surface area contributed by atoms with Crippen molar-refractivity contribution >= 4 is 56.0 Å². The van der Waals surface area contributed by atoms with E-state index in [1.54, 1.807) is 17.4 Å². The Morgan fingerprint density at radius 3 is 2.61 bits per heavy atom. The highest BCUT2D eigenvalue weighted by Crippen LogP contribution is 2.40. The molecule has 2 aromatic heterocycles. The van der Waals surface area contributed by atoms with Gasteiger partial charge < -0.3 is 5.11 Å². The topological polar surface area (TPSA) is 20.2 Å². The van der Waals surface area contributed by atoms with Gasteiger partial charge in [0.25, 0.3) is 0 Å². The first-order valence-electron chi connectivity index (χ1n) is 5.25. The van der Waals surface area contributed by atoms with E-state index < -0.39 is 6.10 Å². The molecule has 18 heavy (non-hydrogen) atoms. The maximum Gasteiger partial charge on any atom is 0.108 e. The van der Waals surface area contributed by atoms with Crippen LogP contribution in [0.15, 0.2) is 35.7 Å². The summed E-state index contributed by atoms with van der Waals surface area (Å²) in [5.74, 6) is 0. The minimum Gasteiger partial charge on any atom is -0.384 e. The summed E-state index contributed by atoms with van der Waals surface area (Å²) in [5, 5.41) is 13.5. The highest BCUT2D eigenvalue weighted by Gasteiger charge is 2.19. The van der Waals surface area contributed by atoms with E-state index in [-0.39, 0.29) is 0 Å². The van der Waals surface area contributed by atoms with Crippen LogP contribution in [0.5, 0.6) is 0 Å². The van der Waals surface area contributed by atoms with Crippen LogP contribution < -0.4 is 0 Å². The summed E-state index contributed by atoms with van der Waals surface area (Å²) in [7, 11) is 0. The van der Waals surface area contributed by atoms with Gasteiger partial charge >= 0.3 is 0 Å². The van der Waals surface area contributed by atoms with Crippen molar-refractivity contribution in [2.75, 3.05) is 0 Å². The van der Waals surface area contributed by atoms with Gasteiger partial charge in [-0.2, -0.15) is 0 Å². The van der Waals surface area contributed by atoms with E-state index in [1.807, 2.05) is 29.6 Å². The number of aliphatic hydroxyl groups is 1. The molecule has 0 aliphatic heterocycles. The molecule has 2 heterocycles. The standard InChI is InChI=1S/C13H8Cl2OS2/c14-11-5-8(13(15)18-11)12(16)9-6-17-10-4-2-1-3-7(9)10/h1-6,12,16H. The average molecular weight is 315 g/mol. The maximum atomic E-state index is 10.4. The molecule has 3 rings (SSSR count). The molecule has 5 heteroatoms. The van der Waals surface area contributed by atoms with Crippen LogP contribution in [-0.4, -0.2) is 5.11 Å². The first-order valence-corrected chi connectivity index (χ1v) is 7.71. The summed E-state index contributed by atoms with van der Waals surface area (Å²) in [5.41, 5.74) is 1.56. The lowest BCUT2D eigenvalue weighted by Gasteiger charge is -2.08. The van der Waals surface area contributed by atoms with Crippen molar-refractivity contribution in [1.29, 1.82) is 0 Å². The van der Waals surface area contributed by atoms with Crippen LogP contribution in [0.1, 0.15) is 17.2 Å². The Balaban J connectivity index is 2.12. The fourth-order valence-corrected chi connectivity index (χ4v) is 4.42. The molecule has 0 fully saturated rings. The molecule has 3 aromatic rings. The quantitative estimate of drug-likeness (QED) is 0.676. The largest absolute Gasteiger partial charge is 0.384 e. The Morgan fingerprint density at radius 1 is 1.11 bits per heavy atom. The molecular weight excluding hydrogens is 307 g/mol. The first kappa shape index (κ1) is 12.5. The Kier molecular flexibility index (Phi) is 3.34. The van der Waals surface area contributed by atoms with Gasteiger partial charge in [-0.1, -0.05) is 41.4 Å². The van der Waals surface area contributed by atoms with Crippen molar-refractivity contribution in [2.24, 2.45) is 0 Å². The number of fused-ring (bicyclic) bond motifs is 1. The van der Waals surface area contributed by atoms with Gasteiger partial charge in [0, 0.05) is 15.8 Å². The first-order chi connectivity index (χ1) is 8.66. The number of hydrogen-bond donors (Lipinski definition) is 1. The third-order valence-electron chi connectivity index (χ3n) is 2.78. The summed E-state index contributed by atoms with van der Waals surface area (Å²) in [6, 6.07) is 9.73. The number of rotatable bonds is 2. The third-order valence-corrected chi connectivity index (χ3v) is 5.28. The highest BCUT2D eigenvalue weighted by molar-refractivity contribution is 7.20. The number of halogens is 2. The number of thiophene rings is 2.